The van der Waals surface area contributed by atoms with Crippen LogP contribution in [-0.2, 0) is 14.8 Å². The third-order valence-corrected chi connectivity index (χ3v) is 6.88. The quantitative estimate of drug-likeness (QED) is 0.811. The number of rotatable bonds is 4. The Kier molecular flexibility index (Phi) is 3.94. The number of piperidine rings is 1. The fourth-order valence-electron chi connectivity index (χ4n) is 3.48. The van der Waals surface area contributed by atoms with Gasteiger partial charge in [0.2, 0.25) is 10.0 Å². The summed E-state index contributed by atoms with van der Waals surface area (Å²) in [7, 11) is -2.58. The number of aromatic nitrogens is 1. The maximum absolute atomic E-state index is 13.0. The molecule has 7 nitrogen and oxygen atoms in total. The molecule has 1 aromatic rings. The summed E-state index contributed by atoms with van der Waals surface area (Å²) in [5.41, 5.74) is -0.125. The van der Waals surface area contributed by atoms with Crippen LogP contribution in [0.2, 0.25) is 0 Å². The maximum atomic E-state index is 13.0. The van der Waals surface area contributed by atoms with Crippen molar-refractivity contribution in [3.63, 3.8) is 0 Å². The van der Waals surface area contributed by atoms with Gasteiger partial charge in [-0.25, -0.2) is 13.2 Å². The topological polar surface area (TPSA) is 96.8 Å². The van der Waals surface area contributed by atoms with Gasteiger partial charge < -0.3 is 9.84 Å². The zero-order valence-corrected chi connectivity index (χ0v) is 14.0. The molecule has 0 unspecified atom stereocenters. The van der Waals surface area contributed by atoms with Gasteiger partial charge in [-0.3, -0.25) is 4.98 Å². The first-order valence-electron chi connectivity index (χ1n) is 7.55. The molecule has 0 bridgehead atoms. The molecule has 0 radical (unpaired) electrons. The van der Waals surface area contributed by atoms with Crippen molar-refractivity contribution in [2.75, 3.05) is 20.3 Å². The molecule has 23 heavy (non-hydrogen) atoms. The van der Waals surface area contributed by atoms with Crippen LogP contribution in [0, 0.1) is 12.8 Å². The summed E-state index contributed by atoms with van der Waals surface area (Å²) in [6.07, 6.45) is 3.65. The lowest BCUT2D eigenvalue weighted by atomic mass is 10.1. The predicted molar refractivity (Wildman–Crippen MR) is 81.4 cm³/mol. The molecule has 1 aromatic heterocycles. The number of aryl methyl sites for hydroxylation is 1. The first kappa shape index (κ1) is 16.4. The summed E-state index contributed by atoms with van der Waals surface area (Å²) in [6, 6.07) is 1.31. The Morgan fingerprint density at radius 2 is 2.30 bits per heavy atom. The number of hydrogen-bond acceptors (Lipinski definition) is 6. The molecule has 3 rings (SSSR count). The largest absolute Gasteiger partial charge is 0.465 e. The number of aliphatic hydroxyl groups is 1. The molecular formula is C15H20N2O5S. The zero-order chi connectivity index (χ0) is 16.8. The van der Waals surface area contributed by atoms with Gasteiger partial charge in [0.25, 0.3) is 0 Å². The summed E-state index contributed by atoms with van der Waals surface area (Å²) in [4.78, 5) is 15.8. The summed E-state index contributed by atoms with van der Waals surface area (Å²) >= 11 is 0. The highest BCUT2D eigenvalue weighted by molar-refractivity contribution is 7.89. The van der Waals surface area contributed by atoms with Gasteiger partial charge in [-0.1, -0.05) is 0 Å². The van der Waals surface area contributed by atoms with E-state index >= 15 is 0 Å². The summed E-state index contributed by atoms with van der Waals surface area (Å²) in [6.45, 7) is 1.82. The SMILES string of the molecule is COC(=O)c1cc(S(=O)(=O)N2CCC[C@@H]3C[C@@]32CO)cnc1C. The van der Waals surface area contributed by atoms with Crippen LogP contribution in [0.25, 0.3) is 0 Å². The number of carbonyl (C=O) groups is 1. The molecule has 1 N–H and O–H groups in total. The number of pyridine rings is 1. The van der Waals surface area contributed by atoms with Crippen molar-refractivity contribution >= 4 is 16.0 Å². The van der Waals surface area contributed by atoms with E-state index in [2.05, 4.69) is 9.72 Å². The van der Waals surface area contributed by atoms with Gasteiger partial charge in [-0.15, -0.1) is 0 Å². The smallest absolute Gasteiger partial charge is 0.339 e. The number of carbonyl (C=O) groups excluding carboxylic acids is 1. The lowest BCUT2D eigenvalue weighted by Gasteiger charge is -2.34. The second-order valence-electron chi connectivity index (χ2n) is 6.18. The number of esters is 1. The van der Waals surface area contributed by atoms with E-state index in [0.29, 0.717) is 18.7 Å². The third kappa shape index (κ3) is 2.45. The molecule has 0 aromatic carbocycles. The van der Waals surface area contributed by atoms with E-state index in [9.17, 15) is 18.3 Å². The normalized spacial score (nSPS) is 27.3. The molecule has 0 spiro atoms. The van der Waals surface area contributed by atoms with Crippen molar-refractivity contribution in [1.29, 1.82) is 0 Å². The van der Waals surface area contributed by atoms with Gasteiger partial charge in [0, 0.05) is 12.7 Å². The predicted octanol–water partition coefficient (Wildman–Crippen LogP) is 0.712. The van der Waals surface area contributed by atoms with Crippen LogP contribution < -0.4 is 0 Å². The van der Waals surface area contributed by atoms with Crippen molar-refractivity contribution in [3.8, 4) is 0 Å². The highest BCUT2D eigenvalue weighted by Crippen LogP contribution is 2.55. The van der Waals surface area contributed by atoms with Crippen molar-refractivity contribution in [2.24, 2.45) is 5.92 Å². The van der Waals surface area contributed by atoms with E-state index in [1.807, 2.05) is 0 Å². The Balaban J connectivity index is 2.02. The molecule has 2 heterocycles. The molecular weight excluding hydrogens is 320 g/mol. The summed E-state index contributed by atoms with van der Waals surface area (Å²) in [5.74, 6) is -0.402. The second kappa shape index (κ2) is 5.54. The van der Waals surface area contributed by atoms with Crippen LogP contribution >= 0.6 is 0 Å². The second-order valence-corrected chi connectivity index (χ2v) is 8.04. The maximum Gasteiger partial charge on any atom is 0.339 e. The van der Waals surface area contributed by atoms with E-state index in [-0.39, 0.29) is 23.0 Å². The number of aliphatic hydroxyl groups excluding tert-OH is 1. The number of fused-ring (bicyclic) bond motifs is 1. The van der Waals surface area contributed by atoms with E-state index in [4.69, 9.17) is 0 Å². The molecule has 1 aliphatic carbocycles. The monoisotopic (exact) mass is 340 g/mol. The Labute approximate surface area is 135 Å². The minimum atomic E-state index is -3.82. The number of methoxy groups -OCH3 is 1. The molecule has 1 saturated carbocycles. The van der Waals surface area contributed by atoms with E-state index in [1.54, 1.807) is 6.92 Å². The first-order chi connectivity index (χ1) is 10.9. The lowest BCUT2D eigenvalue weighted by Crippen LogP contribution is -2.48. The van der Waals surface area contributed by atoms with Crippen molar-refractivity contribution in [2.45, 2.75) is 36.6 Å². The zero-order valence-electron chi connectivity index (χ0n) is 13.2. The summed E-state index contributed by atoms with van der Waals surface area (Å²) in [5, 5.41) is 9.70. The molecule has 126 valence electrons. The van der Waals surface area contributed by atoms with E-state index in [1.165, 1.54) is 23.7 Å². The number of ether oxygens (including phenoxy) is 1. The average Bonchev–Trinajstić information content (AvgIpc) is 3.29. The lowest BCUT2D eigenvalue weighted by molar-refractivity contribution is 0.0599. The number of sulfonamides is 1. The minimum Gasteiger partial charge on any atom is -0.465 e. The molecule has 8 heteroatoms. The molecule has 1 saturated heterocycles. The van der Waals surface area contributed by atoms with Gasteiger partial charge in [-0.2, -0.15) is 4.31 Å². The Morgan fingerprint density at radius 3 is 2.96 bits per heavy atom. The van der Waals surface area contributed by atoms with Crippen LogP contribution in [-0.4, -0.2) is 54.6 Å². The fourth-order valence-corrected chi connectivity index (χ4v) is 5.32. The van der Waals surface area contributed by atoms with Gasteiger partial charge in [-0.05, 0) is 38.2 Å². The Hall–Kier alpha value is -1.51. The number of hydrogen-bond donors (Lipinski definition) is 1. The van der Waals surface area contributed by atoms with Crippen LogP contribution in [0.1, 0.15) is 35.3 Å². The van der Waals surface area contributed by atoms with E-state index < -0.39 is 21.5 Å². The molecule has 2 aliphatic rings. The Morgan fingerprint density at radius 1 is 1.57 bits per heavy atom. The highest BCUT2D eigenvalue weighted by atomic mass is 32.2. The van der Waals surface area contributed by atoms with Crippen LogP contribution in [0.3, 0.4) is 0 Å². The summed E-state index contributed by atoms with van der Waals surface area (Å²) < 4.78 is 32.0. The van der Waals surface area contributed by atoms with E-state index in [0.717, 1.165) is 12.8 Å². The van der Waals surface area contributed by atoms with Gasteiger partial charge in [0.1, 0.15) is 4.90 Å². The standard InChI is InChI=1S/C15H20N2O5S/c1-10-13(14(19)22-2)6-12(8-16-10)23(20,21)17-5-3-4-11-7-15(11,17)9-18/h6,8,11,18H,3-5,7,9H2,1-2H3/t11-,15-/m1/s1. The van der Waals surface area contributed by atoms with Crippen molar-refractivity contribution < 1.29 is 23.1 Å². The minimum absolute atomic E-state index is 0.0381. The fraction of sp³-hybridized carbons (Fsp3) is 0.600. The van der Waals surface area contributed by atoms with Crippen molar-refractivity contribution in [1.82, 2.24) is 9.29 Å². The van der Waals surface area contributed by atoms with Crippen LogP contribution in [0.5, 0.6) is 0 Å². The molecule has 2 fully saturated rings. The first-order valence-corrected chi connectivity index (χ1v) is 8.99. The highest BCUT2D eigenvalue weighted by Gasteiger charge is 2.62. The molecule has 0 amide bonds. The van der Waals surface area contributed by atoms with Gasteiger partial charge >= 0.3 is 5.97 Å². The Bertz CT molecular complexity index is 748. The molecule has 2 atom stereocenters. The van der Waals surface area contributed by atoms with Crippen LogP contribution in [0.15, 0.2) is 17.2 Å². The third-order valence-electron chi connectivity index (χ3n) is 4.94. The van der Waals surface area contributed by atoms with Crippen LogP contribution in [0.4, 0.5) is 0 Å². The number of nitrogens with zero attached hydrogens (tertiary/aromatic N) is 2. The van der Waals surface area contributed by atoms with Gasteiger partial charge in [0.05, 0.1) is 30.5 Å². The van der Waals surface area contributed by atoms with Crippen molar-refractivity contribution in [3.05, 3.63) is 23.5 Å². The van der Waals surface area contributed by atoms with Gasteiger partial charge in [0.15, 0.2) is 0 Å². The molecule has 1 aliphatic heterocycles. The average molecular weight is 340 g/mol.